The lowest BCUT2D eigenvalue weighted by Crippen LogP contribution is -2.72. The van der Waals surface area contributed by atoms with Gasteiger partial charge in [0.05, 0.1) is 27.0 Å². The quantitative estimate of drug-likeness (QED) is 0.348. The van der Waals surface area contributed by atoms with Crippen molar-refractivity contribution in [2.75, 3.05) is 50.4 Å². The molecule has 0 saturated carbocycles. The van der Waals surface area contributed by atoms with Crippen LogP contribution in [0.4, 0.5) is 5.69 Å². The number of rotatable bonds is 6. The van der Waals surface area contributed by atoms with E-state index in [1.165, 1.54) is 6.26 Å². The highest BCUT2D eigenvalue weighted by Crippen LogP contribution is 2.32. The summed E-state index contributed by atoms with van der Waals surface area (Å²) in [5, 5.41) is 14.9. The predicted octanol–water partition coefficient (Wildman–Crippen LogP) is 1.28. The first-order chi connectivity index (χ1) is 18.9. The second-order valence-electron chi connectivity index (χ2n) is 10.5. The number of benzene rings is 2. The molecule has 3 unspecified atom stereocenters. The zero-order valence-corrected chi connectivity index (χ0v) is 23.6. The molecule has 3 aromatic rings. The number of sulfone groups is 1. The van der Waals surface area contributed by atoms with E-state index in [9.17, 15) is 13.2 Å². The third-order valence-electron chi connectivity index (χ3n) is 7.81. The summed E-state index contributed by atoms with van der Waals surface area (Å²) in [5.74, 6) is -0.479. The Kier molecular flexibility index (Phi) is 7.58. The minimum Gasteiger partial charge on any atom is -0.368 e. The van der Waals surface area contributed by atoms with Gasteiger partial charge in [0.15, 0.2) is 9.84 Å². The second kappa shape index (κ2) is 11.1. The summed E-state index contributed by atoms with van der Waals surface area (Å²) >= 11 is 1.57. The van der Waals surface area contributed by atoms with Crippen LogP contribution in [0.5, 0.6) is 0 Å². The number of aromatic nitrogens is 1. The van der Waals surface area contributed by atoms with Gasteiger partial charge in [-0.25, -0.2) is 13.4 Å². The summed E-state index contributed by atoms with van der Waals surface area (Å²) in [4.78, 5) is 23.2. The van der Waals surface area contributed by atoms with Crippen molar-refractivity contribution >= 4 is 43.0 Å². The van der Waals surface area contributed by atoms with E-state index in [0.29, 0.717) is 31.1 Å². The summed E-state index contributed by atoms with van der Waals surface area (Å²) in [7, 11) is -3.33. The Bertz CT molecular complexity index is 1400. The maximum atomic E-state index is 13.7. The van der Waals surface area contributed by atoms with Crippen LogP contribution in [0.1, 0.15) is 23.8 Å². The van der Waals surface area contributed by atoms with Crippen molar-refractivity contribution in [3.63, 3.8) is 0 Å². The molecule has 0 bridgehead atoms. The number of piperazine rings is 1. The zero-order chi connectivity index (χ0) is 27.0. The lowest BCUT2D eigenvalue weighted by Gasteiger charge is -2.46. The molecule has 10 nitrogen and oxygen atoms in total. The molecule has 0 spiro atoms. The number of amides is 1. The van der Waals surface area contributed by atoms with Crippen molar-refractivity contribution in [1.29, 1.82) is 0 Å². The molecule has 6 rings (SSSR count). The van der Waals surface area contributed by atoms with Gasteiger partial charge in [-0.3, -0.25) is 20.3 Å². The number of nitrogens with one attached hydrogen (secondary N) is 4. The second-order valence-corrected chi connectivity index (χ2v) is 13.6. The van der Waals surface area contributed by atoms with E-state index in [0.717, 1.165) is 46.8 Å². The number of hydrogen-bond donors (Lipinski definition) is 4. The van der Waals surface area contributed by atoms with Gasteiger partial charge >= 0.3 is 0 Å². The average Bonchev–Trinajstić information content (AvgIpc) is 3.37. The number of hydrogen-bond acceptors (Lipinski definition) is 10. The fourth-order valence-electron chi connectivity index (χ4n) is 5.80. The molecule has 3 aliphatic rings. The molecule has 4 N–H and O–H groups in total. The van der Waals surface area contributed by atoms with E-state index >= 15 is 0 Å². The summed E-state index contributed by atoms with van der Waals surface area (Å²) in [6.07, 6.45) is 2.81. The fraction of sp³-hybridized carbons (Fsp3) is 0.481. The first-order valence-corrected chi connectivity index (χ1v) is 16.2. The van der Waals surface area contributed by atoms with Crippen LogP contribution >= 0.6 is 11.3 Å². The lowest BCUT2D eigenvalue weighted by atomic mass is 10.00. The zero-order valence-electron chi connectivity index (χ0n) is 22.0. The Morgan fingerprint density at radius 3 is 2.56 bits per heavy atom. The standard InChI is InChI=1S/C27H35N7O3S2/c1-39(36,37)22-11-5-3-9-20(22)33-13-15-34(16-14-33)27-31-24(29-18-7-6-12-28-17-18)23(25(35)32-27)26-30-19-8-2-4-10-21(19)38-26/h2-5,8-11,18,23-24,27-29,31H,6-7,12-17H2,1H3,(H,32,35)/t18-,23?,24?,27?/m1/s1. The summed E-state index contributed by atoms with van der Waals surface area (Å²) in [5.41, 5.74) is 1.65. The van der Waals surface area contributed by atoms with E-state index < -0.39 is 15.8 Å². The van der Waals surface area contributed by atoms with E-state index in [2.05, 4.69) is 31.1 Å². The van der Waals surface area contributed by atoms with Crippen LogP contribution in [0.3, 0.4) is 0 Å². The van der Waals surface area contributed by atoms with Crippen LogP contribution in [0, 0.1) is 0 Å². The van der Waals surface area contributed by atoms with Gasteiger partial charge in [0.25, 0.3) is 0 Å². The number of carbonyl (C=O) groups is 1. The third-order valence-corrected chi connectivity index (χ3v) is 10.1. The van der Waals surface area contributed by atoms with Gasteiger partial charge in [-0.1, -0.05) is 24.3 Å². The van der Waals surface area contributed by atoms with Gasteiger partial charge in [-0.15, -0.1) is 11.3 Å². The maximum Gasteiger partial charge on any atom is 0.235 e. The van der Waals surface area contributed by atoms with Gasteiger partial charge in [0.2, 0.25) is 5.91 Å². The highest BCUT2D eigenvalue weighted by molar-refractivity contribution is 7.90. The largest absolute Gasteiger partial charge is 0.368 e. The Hall–Kier alpha value is -2.61. The molecule has 2 aromatic carbocycles. The summed E-state index contributed by atoms with van der Waals surface area (Å²) in [6, 6.07) is 15.4. The lowest BCUT2D eigenvalue weighted by molar-refractivity contribution is -0.129. The highest BCUT2D eigenvalue weighted by atomic mass is 32.2. The molecule has 0 aliphatic carbocycles. The van der Waals surface area contributed by atoms with Crippen molar-refractivity contribution < 1.29 is 13.2 Å². The van der Waals surface area contributed by atoms with Crippen LogP contribution in [-0.2, 0) is 14.6 Å². The Morgan fingerprint density at radius 2 is 1.82 bits per heavy atom. The molecule has 39 heavy (non-hydrogen) atoms. The topological polar surface area (TPSA) is 119 Å². The number of piperidine rings is 1. The minimum atomic E-state index is -3.33. The van der Waals surface area contributed by atoms with Gasteiger partial charge < -0.3 is 15.5 Å². The molecule has 12 heteroatoms. The number of fused-ring (bicyclic) bond motifs is 1. The van der Waals surface area contributed by atoms with Crippen LogP contribution in [0.25, 0.3) is 10.2 Å². The first kappa shape index (κ1) is 26.6. The van der Waals surface area contributed by atoms with Crippen molar-refractivity contribution in [3.05, 3.63) is 53.5 Å². The van der Waals surface area contributed by atoms with Gasteiger partial charge in [-0.05, 0) is 43.7 Å². The number of nitrogens with zero attached hydrogens (tertiary/aromatic N) is 3. The first-order valence-electron chi connectivity index (χ1n) is 13.5. The van der Waals surface area contributed by atoms with Crippen LogP contribution in [0.15, 0.2) is 53.4 Å². The van der Waals surface area contributed by atoms with Crippen LogP contribution in [-0.4, -0.2) is 88.2 Å². The molecule has 4 atom stereocenters. The number of carbonyl (C=O) groups excluding carboxylic acids is 1. The maximum absolute atomic E-state index is 13.7. The molecule has 3 aliphatic heterocycles. The molecule has 3 saturated heterocycles. The Balaban J connectivity index is 1.19. The third kappa shape index (κ3) is 5.67. The molecule has 4 heterocycles. The van der Waals surface area contributed by atoms with Gasteiger partial charge in [0.1, 0.15) is 17.2 Å². The molecule has 1 aromatic heterocycles. The van der Waals surface area contributed by atoms with E-state index in [1.54, 1.807) is 23.5 Å². The number of anilines is 1. The van der Waals surface area contributed by atoms with Crippen LogP contribution in [0.2, 0.25) is 0 Å². The van der Waals surface area contributed by atoms with E-state index in [-0.39, 0.29) is 24.4 Å². The molecule has 3 fully saturated rings. The SMILES string of the molecule is CS(=O)(=O)c1ccccc1N1CCN(C2NC(=O)C(c3nc4ccccc4s3)C(N[C@@H]3CCCNC3)N2)CC1. The molecule has 208 valence electrons. The molecule has 0 radical (unpaired) electrons. The average molecular weight is 570 g/mol. The van der Waals surface area contributed by atoms with Crippen molar-refractivity contribution in [2.45, 2.75) is 42.2 Å². The predicted molar refractivity (Wildman–Crippen MR) is 154 cm³/mol. The monoisotopic (exact) mass is 569 g/mol. The van der Waals surface area contributed by atoms with Gasteiger partial charge in [-0.2, -0.15) is 0 Å². The molecular weight excluding hydrogens is 534 g/mol. The van der Waals surface area contributed by atoms with E-state index in [4.69, 9.17) is 4.98 Å². The van der Waals surface area contributed by atoms with Crippen molar-refractivity contribution in [2.24, 2.45) is 0 Å². The normalized spacial score (nSPS) is 27.0. The van der Waals surface area contributed by atoms with Crippen molar-refractivity contribution in [3.8, 4) is 0 Å². The van der Waals surface area contributed by atoms with Crippen LogP contribution < -0.4 is 26.2 Å². The summed E-state index contributed by atoms with van der Waals surface area (Å²) in [6.45, 7) is 4.57. The van der Waals surface area contributed by atoms with E-state index in [1.807, 2.05) is 36.4 Å². The fourth-order valence-corrected chi connectivity index (χ4v) is 7.81. The van der Waals surface area contributed by atoms with Gasteiger partial charge in [0, 0.05) is 45.0 Å². The number of thiazole rings is 1. The highest BCUT2D eigenvalue weighted by Gasteiger charge is 2.42. The molecular formula is C27H35N7O3S2. The molecule has 1 amide bonds. The Morgan fingerprint density at radius 1 is 1.05 bits per heavy atom. The summed E-state index contributed by atoms with van der Waals surface area (Å²) < 4.78 is 25.8. The van der Waals surface area contributed by atoms with Crippen molar-refractivity contribution in [1.82, 2.24) is 31.2 Å². The smallest absolute Gasteiger partial charge is 0.235 e. The minimum absolute atomic E-state index is 0.0380. The number of para-hydroxylation sites is 2. The Labute approximate surface area is 233 Å².